The lowest BCUT2D eigenvalue weighted by Crippen LogP contribution is -2.15. The lowest BCUT2D eigenvalue weighted by Gasteiger charge is -2.18. The largest absolute Gasteiger partial charge is 0.179 e. The maximum atomic E-state index is 4.90. The van der Waals surface area contributed by atoms with Crippen molar-refractivity contribution in [1.29, 1.82) is 0 Å². The van der Waals surface area contributed by atoms with Gasteiger partial charge >= 0.3 is 0 Å². The molecular weight excluding hydrogens is 561 g/mol. The van der Waals surface area contributed by atoms with Gasteiger partial charge in [0.15, 0.2) is 0 Å². The zero-order chi connectivity index (χ0) is 29.2. The minimum Gasteiger partial charge on any atom is -0.179 e. The van der Waals surface area contributed by atoms with E-state index in [1.54, 1.807) is 0 Å². The fourth-order valence-electron chi connectivity index (χ4n) is 5.91. The predicted molar refractivity (Wildman–Crippen MR) is 201 cm³/mol. The van der Waals surface area contributed by atoms with Crippen LogP contribution in [0.1, 0.15) is 205 Å². The standard InChI is InChI=1S/C36H74S4/c37-33-29-25-21-17-13-9-5-1-3-7-11-15-19-23-27-31-35(39)36(40)32-28-24-20-16-12-8-4-2-6-10-14-18-22-26-30-34-38/h35-40H,1-34H2/t35-,36-/m1/s1. The molecule has 0 fully saturated rings. The molecule has 0 spiro atoms. The molecule has 0 aliphatic carbocycles. The van der Waals surface area contributed by atoms with Gasteiger partial charge in [-0.05, 0) is 37.2 Å². The number of thiol groups is 4. The van der Waals surface area contributed by atoms with Gasteiger partial charge in [0, 0.05) is 10.5 Å². The van der Waals surface area contributed by atoms with Gasteiger partial charge in [0.25, 0.3) is 0 Å². The van der Waals surface area contributed by atoms with E-state index in [0.717, 1.165) is 11.5 Å². The fourth-order valence-corrected chi connectivity index (χ4v) is 7.02. The van der Waals surface area contributed by atoms with Crippen LogP contribution in [0.3, 0.4) is 0 Å². The van der Waals surface area contributed by atoms with Crippen LogP contribution in [-0.2, 0) is 0 Å². The molecule has 0 saturated heterocycles. The first kappa shape index (κ1) is 41.4. The average molecular weight is 635 g/mol. The molecule has 0 aliphatic heterocycles. The first-order valence-corrected chi connectivity index (χ1v) is 20.6. The Hall–Kier alpha value is 1.40. The number of hydrogen-bond donors (Lipinski definition) is 4. The quantitative estimate of drug-likeness (QED) is 0.0387. The summed E-state index contributed by atoms with van der Waals surface area (Å²) in [4.78, 5) is 0. The Morgan fingerprint density at radius 2 is 0.375 bits per heavy atom. The molecule has 0 radical (unpaired) electrons. The van der Waals surface area contributed by atoms with Crippen molar-refractivity contribution in [3.8, 4) is 0 Å². The van der Waals surface area contributed by atoms with E-state index >= 15 is 0 Å². The Kier molecular flexibility index (Phi) is 37.9. The van der Waals surface area contributed by atoms with Crippen molar-refractivity contribution in [2.45, 2.75) is 216 Å². The van der Waals surface area contributed by atoms with Gasteiger partial charge in [-0.25, -0.2) is 0 Å². The van der Waals surface area contributed by atoms with Crippen molar-refractivity contribution in [2.75, 3.05) is 11.5 Å². The lowest BCUT2D eigenvalue weighted by atomic mass is 10.0. The summed E-state index contributed by atoms with van der Waals surface area (Å²) in [6.07, 6.45) is 45.1. The van der Waals surface area contributed by atoms with Gasteiger partial charge in [0.2, 0.25) is 0 Å². The Labute approximate surface area is 276 Å². The highest BCUT2D eigenvalue weighted by atomic mass is 32.1. The van der Waals surface area contributed by atoms with Crippen LogP contribution in [0.4, 0.5) is 0 Å². The van der Waals surface area contributed by atoms with E-state index < -0.39 is 0 Å². The van der Waals surface area contributed by atoms with Crippen LogP contribution in [0.2, 0.25) is 0 Å². The van der Waals surface area contributed by atoms with E-state index in [2.05, 4.69) is 25.3 Å². The molecule has 0 bridgehead atoms. The van der Waals surface area contributed by atoms with E-state index in [1.807, 2.05) is 0 Å². The third-order valence-electron chi connectivity index (χ3n) is 8.76. The molecular formula is C36H74S4. The first-order chi connectivity index (χ1) is 19.7. The van der Waals surface area contributed by atoms with E-state index in [9.17, 15) is 0 Å². The summed E-state index contributed by atoms with van der Waals surface area (Å²) >= 11 is 18.4. The zero-order valence-corrected chi connectivity index (χ0v) is 30.6. The molecule has 2 atom stereocenters. The molecule has 4 heteroatoms. The van der Waals surface area contributed by atoms with Gasteiger partial charge in [-0.15, -0.1) is 0 Å². The summed E-state index contributed by atoms with van der Waals surface area (Å²) in [7, 11) is 0. The summed E-state index contributed by atoms with van der Waals surface area (Å²) in [5.41, 5.74) is 0. The molecule has 0 aromatic heterocycles. The van der Waals surface area contributed by atoms with Gasteiger partial charge < -0.3 is 0 Å². The van der Waals surface area contributed by atoms with Crippen LogP contribution in [0.15, 0.2) is 0 Å². The molecule has 0 nitrogen and oxygen atoms in total. The second-order valence-electron chi connectivity index (χ2n) is 12.8. The summed E-state index contributed by atoms with van der Waals surface area (Å²) in [5, 5.41) is 0.971. The highest BCUT2D eigenvalue weighted by Gasteiger charge is 2.13. The van der Waals surface area contributed by atoms with Crippen LogP contribution in [0.5, 0.6) is 0 Å². The molecule has 0 saturated carbocycles. The molecule has 0 aromatic rings. The summed E-state index contributed by atoms with van der Waals surface area (Å²) in [6.45, 7) is 0. The Bertz CT molecular complexity index is 405. The van der Waals surface area contributed by atoms with Crippen molar-refractivity contribution in [3.63, 3.8) is 0 Å². The van der Waals surface area contributed by atoms with E-state index in [4.69, 9.17) is 25.3 Å². The minimum absolute atomic E-state index is 0.486. The summed E-state index contributed by atoms with van der Waals surface area (Å²) < 4.78 is 0. The monoisotopic (exact) mass is 634 g/mol. The molecule has 40 heavy (non-hydrogen) atoms. The summed E-state index contributed by atoms with van der Waals surface area (Å²) in [5.74, 6) is 2.12. The average Bonchev–Trinajstić information content (AvgIpc) is 2.96. The van der Waals surface area contributed by atoms with Crippen molar-refractivity contribution in [3.05, 3.63) is 0 Å². The normalized spacial score (nSPS) is 13.2. The van der Waals surface area contributed by atoms with Gasteiger partial charge in [-0.3, -0.25) is 0 Å². The predicted octanol–water partition coefficient (Wildman–Crippen LogP) is 13.9. The maximum absolute atomic E-state index is 4.90. The highest BCUT2D eigenvalue weighted by Crippen LogP contribution is 2.23. The Balaban J connectivity index is 3.26. The van der Waals surface area contributed by atoms with Crippen LogP contribution in [-0.4, -0.2) is 22.0 Å². The van der Waals surface area contributed by atoms with Gasteiger partial charge in [-0.2, -0.15) is 50.5 Å². The molecule has 0 rings (SSSR count). The van der Waals surface area contributed by atoms with Crippen molar-refractivity contribution in [1.82, 2.24) is 0 Å². The van der Waals surface area contributed by atoms with Crippen molar-refractivity contribution < 1.29 is 0 Å². The van der Waals surface area contributed by atoms with Crippen LogP contribution in [0, 0.1) is 0 Å². The third-order valence-corrected chi connectivity index (χ3v) is 10.9. The molecule has 242 valence electrons. The van der Waals surface area contributed by atoms with Gasteiger partial charge in [0.1, 0.15) is 0 Å². The topological polar surface area (TPSA) is 0 Å². The number of hydrogen-bond acceptors (Lipinski definition) is 4. The van der Waals surface area contributed by atoms with Crippen LogP contribution < -0.4 is 0 Å². The molecule has 0 heterocycles. The smallest absolute Gasteiger partial charge is 0.0133 e. The van der Waals surface area contributed by atoms with Gasteiger partial charge in [0.05, 0.1) is 0 Å². The Morgan fingerprint density at radius 3 is 0.550 bits per heavy atom. The molecule has 0 aliphatic rings. The first-order valence-electron chi connectivity index (χ1n) is 18.3. The van der Waals surface area contributed by atoms with E-state index in [1.165, 1.54) is 205 Å². The zero-order valence-electron chi connectivity index (χ0n) is 27.0. The number of rotatable bonds is 35. The van der Waals surface area contributed by atoms with Crippen LogP contribution >= 0.6 is 50.5 Å². The molecule has 0 amide bonds. The van der Waals surface area contributed by atoms with Gasteiger partial charge in [-0.1, -0.05) is 180 Å². The Morgan fingerprint density at radius 1 is 0.225 bits per heavy atom. The minimum atomic E-state index is 0.486. The molecule has 0 aromatic carbocycles. The SMILES string of the molecule is SCCCCCCCCCCCCCCCCC[C@@H](S)[C@H](S)CCCCCCCCCCCCCCCCCS. The highest BCUT2D eigenvalue weighted by molar-refractivity contribution is 7.85. The van der Waals surface area contributed by atoms with Crippen LogP contribution in [0.25, 0.3) is 0 Å². The summed E-state index contributed by atoms with van der Waals surface area (Å²) in [6, 6.07) is 0. The lowest BCUT2D eigenvalue weighted by molar-refractivity contribution is 0.518. The maximum Gasteiger partial charge on any atom is 0.0133 e. The van der Waals surface area contributed by atoms with E-state index in [0.29, 0.717) is 10.5 Å². The van der Waals surface area contributed by atoms with Crippen molar-refractivity contribution in [2.24, 2.45) is 0 Å². The van der Waals surface area contributed by atoms with E-state index in [-0.39, 0.29) is 0 Å². The molecule has 0 N–H and O–H groups in total. The van der Waals surface area contributed by atoms with Crippen molar-refractivity contribution >= 4 is 50.5 Å². The second-order valence-corrected chi connectivity index (χ2v) is 15.0. The number of unbranched alkanes of at least 4 members (excludes halogenated alkanes) is 28. The third kappa shape index (κ3) is 33.9. The second kappa shape index (κ2) is 36.6. The molecule has 0 unspecified atom stereocenters. The fraction of sp³-hybridized carbons (Fsp3) is 1.00.